The zero-order valence-corrected chi connectivity index (χ0v) is 17.4. The molecule has 1 aliphatic heterocycles. The van der Waals surface area contributed by atoms with Gasteiger partial charge in [0.15, 0.2) is 11.9 Å². The summed E-state index contributed by atoms with van der Waals surface area (Å²) in [7, 11) is 1.86. The smallest absolute Gasteiger partial charge is 0.419 e. The maximum atomic E-state index is 13.1. The second kappa shape index (κ2) is 9.46. The van der Waals surface area contributed by atoms with Crippen molar-refractivity contribution >= 4 is 46.5 Å². The number of aliphatic carboxylic acids is 1. The van der Waals surface area contributed by atoms with Crippen molar-refractivity contribution in [3.63, 3.8) is 0 Å². The molecule has 2 unspecified atom stereocenters. The molecule has 9 nitrogen and oxygen atoms in total. The number of carboxylic acid groups (broad SMARTS) is 1. The van der Waals surface area contributed by atoms with E-state index in [0.29, 0.717) is 11.4 Å². The van der Waals surface area contributed by atoms with Crippen LogP contribution in [0.2, 0.25) is 0 Å². The van der Waals surface area contributed by atoms with E-state index in [1.54, 1.807) is 24.3 Å². The van der Waals surface area contributed by atoms with E-state index in [9.17, 15) is 23.6 Å². The molecular weight excluding hydrogens is 421 g/mol. The van der Waals surface area contributed by atoms with Crippen molar-refractivity contribution in [2.75, 3.05) is 23.5 Å². The van der Waals surface area contributed by atoms with Crippen molar-refractivity contribution in [1.29, 1.82) is 0 Å². The number of amides is 2. The molecule has 0 radical (unpaired) electrons. The maximum Gasteiger partial charge on any atom is 0.419 e. The number of Topliss-reactive ketones (excluding diaryl/α,β-unsaturated/α-hetero) is 1. The highest BCUT2D eigenvalue weighted by molar-refractivity contribution is 6.07. The molecule has 0 aromatic heterocycles. The normalized spacial score (nSPS) is 14.0. The van der Waals surface area contributed by atoms with E-state index < -0.39 is 49.0 Å². The topological polar surface area (TPSA) is 116 Å². The summed E-state index contributed by atoms with van der Waals surface area (Å²) in [6.45, 7) is -0.153. The van der Waals surface area contributed by atoms with E-state index >= 15 is 0 Å². The number of fused-ring (bicyclic) bond motifs is 2. The highest BCUT2D eigenvalue weighted by atomic mass is 19.1. The number of nitrogens with one attached hydrogen (secondary N) is 1. The number of hydrogen-bond acceptors (Lipinski definition) is 6. The first-order valence-electron chi connectivity index (χ1n) is 9.78. The minimum absolute atomic E-state index is 0.544. The van der Waals surface area contributed by atoms with E-state index in [2.05, 4.69) is 5.32 Å². The second-order valence-electron chi connectivity index (χ2n) is 7.16. The Hall–Kier alpha value is -3.95. The number of rotatable bonds is 7. The Kier molecular flexibility index (Phi) is 6.72. The van der Waals surface area contributed by atoms with Crippen LogP contribution in [0.5, 0.6) is 0 Å². The predicted molar refractivity (Wildman–Crippen MR) is 114 cm³/mol. The zero-order valence-electron chi connectivity index (χ0n) is 17.4. The first-order chi connectivity index (χ1) is 15.2. The maximum absolute atomic E-state index is 13.1. The summed E-state index contributed by atoms with van der Waals surface area (Å²) in [6.07, 6.45) is -2.99. The molecule has 0 fully saturated rings. The molecule has 2 aromatic rings. The molecule has 0 bridgehead atoms. The lowest BCUT2D eigenvalue weighted by molar-refractivity contribution is -0.141. The number of carbonyl (C=O) groups is 4. The SMILES string of the molecule is CC(OC(=O)N1c2ccccc2N(C)c2ccccc21)C(=O)NC(CC(=O)O)C(=O)CF. The Balaban J connectivity index is 1.81. The number of halogens is 1. The van der Waals surface area contributed by atoms with Crippen LogP contribution in [-0.4, -0.2) is 54.7 Å². The second-order valence-corrected chi connectivity index (χ2v) is 7.16. The first kappa shape index (κ1) is 22.7. The Bertz CT molecular complexity index is 1010. The van der Waals surface area contributed by atoms with Crippen molar-refractivity contribution in [2.45, 2.75) is 25.5 Å². The molecule has 0 saturated heterocycles. The van der Waals surface area contributed by atoms with E-state index in [1.807, 2.05) is 36.2 Å². The molecule has 2 amide bonds. The number of hydrogen-bond donors (Lipinski definition) is 2. The molecule has 0 spiro atoms. The van der Waals surface area contributed by atoms with Gasteiger partial charge in [0.2, 0.25) is 0 Å². The molecule has 168 valence electrons. The number of ether oxygens (including phenoxy) is 1. The third-order valence-electron chi connectivity index (χ3n) is 5.01. The van der Waals surface area contributed by atoms with Crippen molar-refractivity contribution in [3.8, 4) is 0 Å². The first-order valence-corrected chi connectivity index (χ1v) is 9.78. The van der Waals surface area contributed by atoms with Gasteiger partial charge in [-0.25, -0.2) is 14.1 Å². The van der Waals surface area contributed by atoms with E-state index in [0.717, 1.165) is 11.4 Å². The fraction of sp³-hybridized carbons (Fsp3) is 0.273. The van der Waals surface area contributed by atoms with Crippen molar-refractivity contribution in [2.24, 2.45) is 0 Å². The molecule has 1 aliphatic rings. The van der Waals surface area contributed by atoms with Crippen molar-refractivity contribution in [1.82, 2.24) is 5.32 Å². The van der Waals surface area contributed by atoms with Gasteiger partial charge >= 0.3 is 12.1 Å². The van der Waals surface area contributed by atoms with Crippen LogP contribution in [0, 0.1) is 0 Å². The summed E-state index contributed by atoms with van der Waals surface area (Å²) in [5.41, 5.74) is 2.58. The zero-order chi connectivity index (χ0) is 23.4. The van der Waals surface area contributed by atoms with Gasteiger partial charge in [0, 0.05) is 7.05 Å². The average molecular weight is 443 g/mol. The van der Waals surface area contributed by atoms with Crippen molar-refractivity contribution < 1.29 is 33.4 Å². The summed E-state index contributed by atoms with van der Waals surface area (Å²) in [6, 6.07) is 12.7. The van der Waals surface area contributed by atoms with Gasteiger partial charge in [-0.1, -0.05) is 24.3 Å². The predicted octanol–water partition coefficient (Wildman–Crippen LogP) is 2.93. The van der Waals surface area contributed by atoms with Crippen LogP contribution in [-0.2, 0) is 19.1 Å². The number of alkyl halides is 1. The highest BCUT2D eigenvalue weighted by Gasteiger charge is 2.33. The molecular formula is C22H22FN3O6. The number of anilines is 4. The molecule has 2 N–H and O–H groups in total. The van der Waals surface area contributed by atoms with Gasteiger partial charge < -0.3 is 20.1 Å². The van der Waals surface area contributed by atoms with Gasteiger partial charge in [0.1, 0.15) is 12.7 Å². The summed E-state index contributed by atoms with van der Waals surface area (Å²) >= 11 is 0. The lowest BCUT2D eigenvalue weighted by Gasteiger charge is -2.36. The number of nitrogens with zero attached hydrogens (tertiary/aromatic N) is 2. The molecule has 32 heavy (non-hydrogen) atoms. The standard InChI is InChI=1S/C22H22FN3O6/c1-13(21(30)24-14(11-20(28)29)19(27)12-23)32-22(31)26-17-9-5-3-7-15(17)25(2)16-8-4-6-10-18(16)26/h3-10,13-14H,11-12H2,1-2H3,(H,24,30)(H,28,29). The monoisotopic (exact) mass is 443 g/mol. The van der Waals surface area contributed by atoms with Gasteiger partial charge in [0.25, 0.3) is 5.91 Å². The minimum atomic E-state index is -1.56. The number of carbonyl (C=O) groups excluding carboxylic acids is 3. The van der Waals surface area contributed by atoms with Crippen LogP contribution >= 0.6 is 0 Å². The number of ketones is 1. The number of carboxylic acids is 1. The molecule has 1 heterocycles. The fourth-order valence-electron chi connectivity index (χ4n) is 3.39. The lowest BCUT2D eigenvalue weighted by Crippen LogP contribution is -2.48. The molecule has 0 aliphatic carbocycles. The molecule has 10 heteroatoms. The van der Waals surface area contributed by atoms with E-state index in [4.69, 9.17) is 9.84 Å². The summed E-state index contributed by atoms with van der Waals surface area (Å²) in [5, 5.41) is 11.0. The molecule has 2 atom stereocenters. The van der Waals surface area contributed by atoms with Gasteiger partial charge in [-0.3, -0.25) is 14.4 Å². The van der Waals surface area contributed by atoms with Gasteiger partial charge in [-0.05, 0) is 31.2 Å². The Morgan fingerprint density at radius 1 is 1.00 bits per heavy atom. The Morgan fingerprint density at radius 2 is 1.50 bits per heavy atom. The Labute approximate surface area is 183 Å². The van der Waals surface area contributed by atoms with Crippen LogP contribution in [0.25, 0.3) is 0 Å². The lowest BCUT2D eigenvalue weighted by atomic mass is 10.1. The van der Waals surface area contributed by atoms with E-state index in [-0.39, 0.29) is 0 Å². The molecule has 2 aromatic carbocycles. The largest absolute Gasteiger partial charge is 0.481 e. The van der Waals surface area contributed by atoms with E-state index in [1.165, 1.54) is 11.8 Å². The quantitative estimate of drug-likeness (QED) is 0.676. The van der Waals surface area contributed by atoms with Crippen LogP contribution in [0.3, 0.4) is 0 Å². The molecule has 0 saturated carbocycles. The summed E-state index contributed by atoms with van der Waals surface area (Å²) in [5.74, 6) is -3.38. The molecule has 3 rings (SSSR count). The van der Waals surface area contributed by atoms with Gasteiger partial charge in [0.05, 0.1) is 29.2 Å². The average Bonchev–Trinajstić information content (AvgIpc) is 2.78. The van der Waals surface area contributed by atoms with Crippen LogP contribution in [0.15, 0.2) is 48.5 Å². The van der Waals surface area contributed by atoms with Crippen LogP contribution in [0.4, 0.5) is 31.9 Å². The minimum Gasteiger partial charge on any atom is -0.481 e. The fourth-order valence-corrected chi connectivity index (χ4v) is 3.39. The van der Waals surface area contributed by atoms with Crippen LogP contribution in [0.1, 0.15) is 13.3 Å². The number of para-hydroxylation sites is 4. The van der Waals surface area contributed by atoms with Gasteiger partial charge in [-0.2, -0.15) is 0 Å². The summed E-state index contributed by atoms with van der Waals surface area (Å²) < 4.78 is 18.0. The van der Waals surface area contributed by atoms with Crippen LogP contribution < -0.4 is 15.1 Å². The number of benzene rings is 2. The Morgan fingerprint density at radius 3 is 1.97 bits per heavy atom. The van der Waals surface area contributed by atoms with Gasteiger partial charge in [-0.15, -0.1) is 0 Å². The third kappa shape index (κ3) is 4.53. The summed E-state index contributed by atoms with van der Waals surface area (Å²) in [4.78, 5) is 51.3. The third-order valence-corrected chi connectivity index (χ3v) is 5.01. The highest BCUT2D eigenvalue weighted by Crippen LogP contribution is 2.47. The van der Waals surface area contributed by atoms with Crippen molar-refractivity contribution in [3.05, 3.63) is 48.5 Å².